The summed E-state index contributed by atoms with van der Waals surface area (Å²) in [5, 5.41) is 0. The minimum Gasteiger partial charge on any atom is -0.468 e. The Hall–Kier alpha value is -1.16. The average molecular weight is 225 g/mol. The number of nitrogen functional groups attached to an aromatic ring is 1. The Morgan fingerprint density at radius 2 is 2.20 bits per heavy atom. The molecule has 0 amide bonds. The van der Waals surface area contributed by atoms with E-state index in [-0.39, 0.29) is 5.97 Å². The van der Waals surface area contributed by atoms with Crippen molar-refractivity contribution in [3.63, 3.8) is 0 Å². The summed E-state index contributed by atoms with van der Waals surface area (Å²) >= 11 is 1.56. The van der Waals surface area contributed by atoms with Crippen molar-refractivity contribution in [3.8, 4) is 0 Å². The second-order valence-electron chi connectivity index (χ2n) is 3.08. The average Bonchev–Trinajstić information content (AvgIpc) is 2.26. The predicted molar refractivity (Wildman–Crippen MR) is 63.9 cm³/mol. The number of nitrogens with two attached hydrogens (primary N) is 1. The number of carbonyl (C=O) groups is 1. The smallest absolute Gasteiger partial charge is 0.315 e. The molecule has 0 atom stereocenters. The van der Waals surface area contributed by atoms with Gasteiger partial charge < -0.3 is 10.5 Å². The van der Waals surface area contributed by atoms with Crippen molar-refractivity contribution in [1.29, 1.82) is 0 Å². The molecular formula is C11H15NO2S. The molecule has 0 aromatic heterocycles. The third-order valence-corrected chi connectivity index (χ3v) is 2.95. The molecule has 0 spiro atoms. The van der Waals surface area contributed by atoms with E-state index in [1.54, 1.807) is 11.8 Å². The zero-order chi connectivity index (χ0) is 11.1. The third-order valence-electron chi connectivity index (χ3n) is 2.02. The molecule has 1 rings (SSSR count). The van der Waals surface area contributed by atoms with Gasteiger partial charge in [-0.2, -0.15) is 0 Å². The fourth-order valence-corrected chi connectivity index (χ4v) is 1.95. The van der Waals surface area contributed by atoms with E-state index in [1.807, 2.05) is 24.3 Å². The van der Waals surface area contributed by atoms with Gasteiger partial charge in [-0.3, -0.25) is 4.79 Å². The van der Waals surface area contributed by atoms with Gasteiger partial charge in [0, 0.05) is 5.69 Å². The summed E-state index contributed by atoms with van der Waals surface area (Å²) in [5.41, 5.74) is 7.74. The van der Waals surface area contributed by atoms with E-state index in [4.69, 9.17) is 5.73 Å². The largest absolute Gasteiger partial charge is 0.468 e. The van der Waals surface area contributed by atoms with E-state index in [2.05, 4.69) is 4.74 Å². The molecule has 0 fully saturated rings. The highest BCUT2D eigenvalue weighted by atomic mass is 32.2. The summed E-state index contributed by atoms with van der Waals surface area (Å²) in [5.74, 6) is 1.10. The fraction of sp³-hybridized carbons (Fsp3) is 0.364. The van der Waals surface area contributed by atoms with Crippen LogP contribution in [-0.4, -0.2) is 24.6 Å². The predicted octanol–water partition coefficient (Wildman–Crippen LogP) is 1.72. The van der Waals surface area contributed by atoms with Crippen molar-refractivity contribution in [3.05, 3.63) is 29.8 Å². The van der Waals surface area contributed by atoms with Gasteiger partial charge in [-0.25, -0.2) is 0 Å². The second-order valence-corrected chi connectivity index (χ2v) is 4.18. The minimum absolute atomic E-state index is 0.180. The van der Waals surface area contributed by atoms with Crippen LogP contribution in [0.1, 0.15) is 5.56 Å². The van der Waals surface area contributed by atoms with Crippen LogP contribution in [0.4, 0.5) is 5.69 Å². The number of rotatable bonds is 5. The van der Waals surface area contributed by atoms with Crippen LogP contribution in [0.15, 0.2) is 24.3 Å². The standard InChI is InChI=1S/C11H15NO2S/c1-14-11(13)8-15-7-6-9-4-2-3-5-10(9)12/h2-5H,6-8,12H2,1H3. The van der Waals surface area contributed by atoms with Crippen LogP contribution in [0, 0.1) is 0 Å². The Morgan fingerprint density at radius 3 is 2.87 bits per heavy atom. The van der Waals surface area contributed by atoms with Crippen LogP contribution in [0.5, 0.6) is 0 Å². The fourth-order valence-electron chi connectivity index (χ4n) is 1.16. The molecule has 1 aromatic carbocycles. The Balaban J connectivity index is 2.26. The molecule has 2 N–H and O–H groups in total. The first-order chi connectivity index (χ1) is 7.24. The van der Waals surface area contributed by atoms with E-state index in [0.717, 1.165) is 23.4 Å². The molecule has 0 aliphatic heterocycles. The molecule has 82 valence electrons. The molecule has 0 aliphatic rings. The summed E-state index contributed by atoms with van der Waals surface area (Å²) in [7, 11) is 1.40. The van der Waals surface area contributed by atoms with Gasteiger partial charge >= 0.3 is 5.97 Å². The Bertz CT molecular complexity index is 328. The van der Waals surface area contributed by atoms with E-state index in [9.17, 15) is 4.79 Å². The second kappa shape index (κ2) is 6.35. The lowest BCUT2D eigenvalue weighted by atomic mass is 10.1. The molecule has 0 heterocycles. The van der Waals surface area contributed by atoms with Gasteiger partial charge in [-0.1, -0.05) is 18.2 Å². The number of esters is 1. The first kappa shape index (κ1) is 11.9. The molecule has 0 aliphatic carbocycles. The van der Waals surface area contributed by atoms with Gasteiger partial charge in [0.1, 0.15) is 0 Å². The molecule has 0 saturated heterocycles. The lowest BCUT2D eigenvalue weighted by molar-refractivity contribution is -0.137. The monoisotopic (exact) mass is 225 g/mol. The number of benzene rings is 1. The third kappa shape index (κ3) is 4.25. The summed E-state index contributed by atoms with van der Waals surface area (Å²) < 4.78 is 4.54. The molecule has 3 nitrogen and oxygen atoms in total. The minimum atomic E-state index is -0.180. The topological polar surface area (TPSA) is 52.3 Å². The van der Waals surface area contributed by atoms with Gasteiger partial charge in [0.2, 0.25) is 0 Å². The number of hydrogen-bond acceptors (Lipinski definition) is 4. The summed E-state index contributed by atoms with van der Waals surface area (Å²) in [6, 6.07) is 7.78. The number of aryl methyl sites for hydroxylation is 1. The summed E-state index contributed by atoms with van der Waals surface area (Å²) in [4.78, 5) is 10.8. The molecular weight excluding hydrogens is 210 g/mol. The Labute approximate surface area is 94.0 Å². The molecule has 0 unspecified atom stereocenters. The van der Waals surface area contributed by atoms with Gasteiger partial charge in [0.25, 0.3) is 0 Å². The highest BCUT2D eigenvalue weighted by Gasteiger charge is 2.01. The van der Waals surface area contributed by atoms with E-state index >= 15 is 0 Å². The van der Waals surface area contributed by atoms with Crippen LogP contribution in [0.25, 0.3) is 0 Å². The number of carbonyl (C=O) groups excluding carboxylic acids is 1. The van der Waals surface area contributed by atoms with Crippen LogP contribution in [0.2, 0.25) is 0 Å². The zero-order valence-corrected chi connectivity index (χ0v) is 9.55. The van der Waals surface area contributed by atoms with Crippen LogP contribution >= 0.6 is 11.8 Å². The normalized spacial score (nSPS) is 9.93. The lowest BCUT2D eigenvalue weighted by Gasteiger charge is -2.04. The number of anilines is 1. The van der Waals surface area contributed by atoms with E-state index in [0.29, 0.717) is 5.75 Å². The maximum absolute atomic E-state index is 10.8. The van der Waals surface area contributed by atoms with Crippen molar-refractivity contribution in [2.24, 2.45) is 0 Å². The lowest BCUT2D eigenvalue weighted by Crippen LogP contribution is -2.04. The van der Waals surface area contributed by atoms with E-state index in [1.165, 1.54) is 7.11 Å². The maximum atomic E-state index is 10.8. The molecule has 0 saturated carbocycles. The molecule has 4 heteroatoms. The number of para-hydroxylation sites is 1. The highest BCUT2D eigenvalue weighted by Crippen LogP contribution is 2.13. The number of methoxy groups -OCH3 is 1. The van der Waals surface area contributed by atoms with Gasteiger partial charge in [-0.05, 0) is 23.8 Å². The van der Waals surface area contributed by atoms with Crippen molar-refractivity contribution in [2.45, 2.75) is 6.42 Å². The van der Waals surface area contributed by atoms with Crippen LogP contribution in [0.3, 0.4) is 0 Å². The first-order valence-corrected chi connectivity index (χ1v) is 5.87. The first-order valence-electron chi connectivity index (χ1n) is 4.72. The van der Waals surface area contributed by atoms with Crippen molar-refractivity contribution < 1.29 is 9.53 Å². The zero-order valence-electron chi connectivity index (χ0n) is 8.73. The van der Waals surface area contributed by atoms with Gasteiger partial charge in [-0.15, -0.1) is 11.8 Å². The quantitative estimate of drug-likeness (QED) is 0.471. The molecule has 1 aromatic rings. The molecule has 0 radical (unpaired) electrons. The van der Waals surface area contributed by atoms with Crippen LogP contribution in [-0.2, 0) is 16.0 Å². The molecule has 0 bridgehead atoms. The SMILES string of the molecule is COC(=O)CSCCc1ccccc1N. The number of hydrogen-bond donors (Lipinski definition) is 1. The Kier molecular flexibility index (Phi) is 5.04. The highest BCUT2D eigenvalue weighted by molar-refractivity contribution is 7.99. The summed E-state index contributed by atoms with van der Waals surface area (Å²) in [6.07, 6.45) is 0.883. The van der Waals surface area contributed by atoms with E-state index < -0.39 is 0 Å². The number of ether oxygens (including phenoxy) is 1. The molecule has 15 heavy (non-hydrogen) atoms. The van der Waals surface area contributed by atoms with Gasteiger partial charge in [0.15, 0.2) is 0 Å². The van der Waals surface area contributed by atoms with Crippen molar-refractivity contribution in [1.82, 2.24) is 0 Å². The van der Waals surface area contributed by atoms with Gasteiger partial charge in [0.05, 0.1) is 12.9 Å². The maximum Gasteiger partial charge on any atom is 0.315 e. The van der Waals surface area contributed by atoms with Crippen LogP contribution < -0.4 is 5.73 Å². The van der Waals surface area contributed by atoms with Crippen molar-refractivity contribution in [2.75, 3.05) is 24.3 Å². The van der Waals surface area contributed by atoms with Crippen molar-refractivity contribution >= 4 is 23.4 Å². The number of thioether (sulfide) groups is 1. The Morgan fingerprint density at radius 1 is 1.47 bits per heavy atom. The summed E-state index contributed by atoms with van der Waals surface area (Å²) in [6.45, 7) is 0.